The molecule has 132 valence electrons. The Morgan fingerprint density at radius 1 is 1.32 bits per heavy atom. The summed E-state index contributed by atoms with van der Waals surface area (Å²) < 4.78 is 0. The SMILES string of the molecule is Cc1nc(-c2ccc(N3CCC[C@@H]3C(=O)N(C)C)nc2)[nH]c(=O)c1C. The summed E-state index contributed by atoms with van der Waals surface area (Å²) in [5, 5.41) is 0. The van der Waals surface area contributed by atoms with Crippen LogP contribution in [0.2, 0.25) is 0 Å². The summed E-state index contributed by atoms with van der Waals surface area (Å²) in [4.78, 5) is 39.6. The molecule has 1 amide bonds. The highest BCUT2D eigenvalue weighted by Crippen LogP contribution is 2.26. The van der Waals surface area contributed by atoms with E-state index in [4.69, 9.17) is 0 Å². The number of aromatic nitrogens is 3. The van der Waals surface area contributed by atoms with Gasteiger partial charge >= 0.3 is 0 Å². The summed E-state index contributed by atoms with van der Waals surface area (Å²) in [6.07, 6.45) is 3.50. The Morgan fingerprint density at radius 3 is 2.68 bits per heavy atom. The molecule has 0 bridgehead atoms. The molecule has 1 N–H and O–H groups in total. The van der Waals surface area contributed by atoms with E-state index in [9.17, 15) is 9.59 Å². The predicted molar refractivity (Wildman–Crippen MR) is 96.6 cm³/mol. The van der Waals surface area contributed by atoms with Crippen LogP contribution >= 0.6 is 0 Å². The largest absolute Gasteiger partial charge is 0.347 e. The van der Waals surface area contributed by atoms with Gasteiger partial charge in [0.1, 0.15) is 17.7 Å². The van der Waals surface area contributed by atoms with Crippen LogP contribution in [0.1, 0.15) is 24.1 Å². The van der Waals surface area contributed by atoms with Crippen molar-refractivity contribution < 1.29 is 4.79 Å². The second kappa shape index (κ2) is 6.66. The molecule has 7 heteroatoms. The molecule has 3 rings (SSSR count). The number of carbonyl (C=O) groups is 1. The maximum Gasteiger partial charge on any atom is 0.254 e. The molecule has 0 aliphatic carbocycles. The Bertz CT molecular complexity index is 842. The first kappa shape index (κ1) is 17.1. The van der Waals surface area contributed by atoms with E-state index in [1.54, 1.807) is 32.1 Å². The topological polar surface area (TPSA) is 82.2 Å². The predicted octanol–water partition coefficient (Wildman–Crippen LogP) is 1.51. The molecule has 0 radical (unpaired) electrons. The highest BCUT2D eigenvalue weighted by Gasteiger charge is 2.32. The van der Waals surface area contributed by atoms with Crippen molar-refractivity contribution in [2.24, 2.45) is 0 Å². The van der Waals surface area contributed by atoms with Crippen LogP contribution in [0.15, 0.2) is 23.1 Å². The quantitative estimate of drug-likeness (QED) is 0.915. The van der Waals surface area contributed by atoms with Crippen molar-refractivity contribution in [1.29, 1.82) is 0 Å². The standard InChI is InChI=1S/C18H23N5O2/c1-11-12(2)20-16(21-17(11)24)13-7-8-15(19-10-13)23-9-5-6-14(23)18(25)22(3)4/h7-8,10,14H,5-6,9H2,1-4H3,(H,20,21,24)/t14-/m1/s1. The Kier molecular flexibility index (Phi) is 4.57. The molecule has 1 aliphatic rings. The van der Waals surface area contributed by atoms with Gasteiger partial charge in [-0.25, -0.2) is 9.97 Å². The van der Waals surface area contributed by atoms with Gasteiger partial charge in [-0.15, -0.1) is 0 Å². The highest BCUT2D eigenvalue weighted by atomic mass is 16.2. The fraction of sp³-hybridized carbons (Fsp3) is 0.444. The van der Waals surface area contributed by atoms with Gasteiger partial charge in [-0.2, -0.15) is 0 Å². The average Bonchev–Trinajstić information content (AvgIpc) is 3.08. The third-order valence-electron chi connectivity index (χ3n) is 4.69. The van der Waals surface area contributed by atoms with E-state index in [0.29, 0.717) is 17.1 Å². The number of nitrogens with one attached hydrogen (secondary N) is 1. The van der Waals surface area contributed by atoms with E-state index in [1.165, 1.54) is 0 Å². The van der Waals surface area contributed by atoms with Crippen LogP contribution in [0.4, 0.5) is 5.82 Å². The van der Waals surface area contributed by atoms with E-state index < -0.39 is 0 Å². The molecule has 1 atom stereocenters. The molecule has 0 saturated carbocycles. The van der Waals surface area contributed by atoms with Gasteiger partial charge in [0.15, 0.2) is 0 Å². The molecule has 2 aromatic rings. The lowest BCUT2D eigenvalue weighted by molar-refractivity contribution is -0.129. The van der Waals surface area contributed by atoms with Gasteiger partial charge in [0.25, 0.3) is 5.56 Å². The minimum atomic E-state index is -0.159. The third-order valence-corrected chi connectivity index (χ3v) is 4.69. The molecular weight excluding hydrogens is 318 g/mol. The number of aryl methyl sites for hydroxylation is 1. The fourth-order valence-corrected chi connectivity index (χ4v) is 3.07. The van der Waals surface area contributed by atoms with E-state index in [1.807, 2.05) is 24.0 Å². The molecule has 3 heterocycles. The van der Waals surface area contributed by atoms with Crippen molar-refractivity contribution in [3.8, 4) is 11.4 Å². The van der Waals surface area contributed by atoms with Crippen LogP contribution in [0.25, 0.3) is 11.4 Å². The lowest BCUT2D eigenvalue weighted by Gasteiger charge is -2.27. The van der Waals surface area contributed by atoms with E-state index in [-0.39, 0.29) is 17.5 Å². The van der Waals surface area contributed by atoms with Crippen molar-refractivity contribution in [2.45, 2.75) is 32.7 Å². The zero-order valence-corrected chi connectivity index (χ0v) is 15.0. The van der Waals surface area contributed by atoms with Crippen LogP contribution in [-0.4, -0.2) is 52.4 Å². The first-order chi connectivity index (χ1) is 11.9. The first-order valence-electron chi connectivity index (χ1n) is 8.40. The molecule has 0 aromatic carbocycles. The number of rotatable bonds is 3. The first-order valence-corrected chi connectivity index (χ1v) is 8.40. The Morgan fingerprint density at radius 2 is 2.08 bits per heavy atom. The van der Waals surface area contributed by atoms with Crippen molar-refractivity contribution in [3.05, 3.63) is 39.9 Å². The normalized spacial score (nSPS) is 17.0. The van der Waals surface area contributed by atoms with Crippen molar-refractivity contribution in [3.63, 3.8) is 0 Å². The lowest BCUT2D eigenvalue weighted by atomic mass is 10.2. The van der Waals surface area contributed by atoms with E-state index in [2.05, 4.69) is 15.0 Å². The van der Waals surface area contributed by atoms with Gasteiger partial charge in [-0.05, 0) is 38.8 Å². The fourth-order valence-electron chi connectivity index (χ4n) is 3.07. The van der Waals surface area contributed by atoms with E-state index >= 15 is 0 Å². The number of hydrogen-bond donors (Lipinski definition) is 1. The van der Waals surface area contributed by atoms with Crippen molar-refractivity contribution >= 4 is 11.7 Å². The number of likely N-dealkylation sites (N-methyl/N-ethyl adjacent to an activating group) is 1. The number of hydrogen-bond acceptors (Lipinski definition) is 5. The maximum absolute atomic E-state index is 12.3. The number of nitrogens with zero attached hydrogens (tertiary/aromatic N) is 4. The molecule has 0 spiro atoms. The van der Waals surface area contributed by atoms with Crippen LogP contribution in [-0.2, 0) is 4.79 Å². The minimum absolute atomic E-state index is 0.100. The van der Waals surface area contributed by atoms with Gasteiger partial charge in [0.2, 0.25) is 5.91 Å². The summed E-state index contributed by atoms with van der Waals surface area (Å²) in [6.45, 7) is 4.38. The van der Waals surface area contributed by atoms with Gasteiger partial charge in [0.05, 0.1) is 0 Å². The van der Waals surface area contributed by atoms with Gasteiger partial charge in [0, 0.05) is 43.7 Å². The summed E-state index contributed by atoms with van der Waals surface area (Å²) in [7, 11) is 3.55. The highest BCUT2D eigenvalue weighted by molar-refractivity contribution is 5.85. The number of amides is 1. The second-order valence-corrected chi connectivity index (χ2v) is 6.61. The van der Waals surface area contributed by atoms with Gasteiger partial charge in [-0.1, -0.05) is 0 Å². The van der Waals surface area contributed by atoms with Crippen LogP contribution < -0.4 is 10.5 Å². The van der Waals surface area contributed by atoms with Crippen LogP contribution in [0.5, 0.6) is 0 Å². The molecule has 1 aliphatic heterocycles. The lowest BCUT2D eigenvalue weighted by Crippen LogP contribution is -2.43. The van der Waals surface area contributed by atoms with Crippen LogP contribution in [0.3, 0.4) is 0 Å². The minimum Gasteiger partial charge on any atom is -0.347 e. The maximum atomic E-state index is 12.3. The summed E-state index contributed by atoms with van der Waals surface area (Å²) in [5.41, 5.74) is 1.94. The Labute approximate surface area is 146 Å². The Balaban J connectivity index is 1.88. The third kappa shape index (κ3) is 3.26. The number of aromatic amines is 1. The van der Waals surface area contributed by atoms with Crippen LogP contribution in [0, 0.1) is 13.8 Å². The zero-order valence-electron chi connectivity index (χ0n) is 15.0. The van der Waals surface area contributed by atoms with E-state index in [0.717, 1.165) is 30.8 Å². The second-order valence-electron chi connectivity index (χ2n) is 6.61. The molecule has 2 aromatic heterocycles. The summed E-state index contributed by atoms with van der Waals surface area (Å²) >= 11 is 0. The number of carbonyl (C=O) groups excluding carboxylic acids is 1. The molecule has 25 heavy (non-hydrogen) atoms. The summed E-state index contributed by atoms with van der Waals surface area (Å²) in [6, 6.07) is 3.60. The summed E-state index contributed by atoms with van der Waals surface area (Å²) in [5.74, 6) is 1.38. The number of pyridine rings is 1. The van der Waals surface area contributed by atoms with Gasteiger partial charge < -0.3 is 14.8 Å². The monoisotopic (exact) mass is 341 g/mol. The average molecular weight is 341 g/mol. The van der Waals surface area contributed by atoms with Crippen molar-refractivity contribution in [1.82, 2.24) is 19.9 Å². The molecule has 1 saturated heterocycles. The van der Waals surface area contributed by atoms with Gasteiger partial charge in [-0.3, -0.25) is 9.59 Å². The van der Waals surface area contributed by atoms with Crippen molar-refractivity contribution in [2.75, 3.05) is 25.5 Å². The molecule has 0 unspecified atom stereocenters. The Hall–Kier alpha value is -2.70. The smallest absolute Gasteiger partial charge is 0.254 e. The number of anilines is 1. The molecule has 1 fully saturated rings. The zero-order chi connectivity index (χ0) is 18.1. The molecular formula is C18H23N5O2. The molecule has 7 nitrogen and oxygen atoms in total. The number of H-pyrrole nitrogens is 1.